The highest BCUT2D eigenvalue weighted by Gasteiger charge is 2.46. The Bertz CT molecular complexity index is 776. The van der Waals surface area contributed by atoms with E-state index >= 15 is 0 Å². The molecule has 3 amide bonds. The summed E-state index contributed by atoms with van der Waals surface area (Å²) in [6.07, 6.45) is -1.16. The van der Waals surface area contributed by atoms with Crippen molar-refractivity contribution in [3.63, 3.8) is 0 Å². The largest absolute Gasteiger partial charge is 0.458 e. The van der Waals surface area contributed by atoms with Gasteiger partial charge in [0.15, 0.2) is 0 Å². The van der Waals surface area contributed by atoms with E-state index in [0.717, 1.165) is 4.90 Å². The van der Waals surface area contributed by atoms with Crippen LogP contribution in [0.4, 0.5) is 4.79 Å². The van der Waals surface area contributed by atoms with Crippen molar-refractivity contribution in [2.24, 2.45) is 5.92 Å². The first-order valence-electron chi connectivity index (χ1n) is 8.94. The molecule has 1 aromatic carbocycles. The van der Waals surface area contributed by atoms with Gasteiger partial charge in [0.1, 0.15) is 12.1 Å². The molecule has 0 aliphatic carbocycles. The molecule has 1 fully saturated rings. The number of fused-ring (bicyclic) bond motifs is 1. The first-order valence-corrected chi connectivity index (χ1v) is 10.1. The zero-order valence-corrected chi connectivity index (χ0v) is 16.7. The Morgan fingerprint density at radius 3 is 2.29 bits per heavy atom. The molecule has 0 bridgehead atoms. The zero-order chi connectivity index (χ0) is 20.4. The van der Waals surface area contributed by atoms with Crippen LogP contribution in [0.25, 0.3) is 0 Å². The quantitative estimate of drug-likeness (QED) is 0.586. The fraction of sp³-hybridized carbons (Fsp3) is 0.474. The number of hydrogen-bond acceptors (Lipinski definition) is 7. The molecule has 1 saturated heterocycles. The third-order valence-electron chi connectivity index (χ3n) is 4.76. The zero-order valence-electron chi connectivity index (χ0n) is 15.8. The minimum absolute atomic E-state index is 0.285. The average Bonchev–Trinajstić information content (AvgIpc) is 3.19. The van der Waals surface area contributed by atoms with Gasteiger partial charge in [0.25, 0.3) is 11.8 Å². The summed E-state index contributed by atoms with van der Waals surface area (Å²) in [6.45, 7) is 3.51. The molecule has 1 aromatic rings. The smallest absolute Gasteiger partial charge is 0.407 e. The van der Waals surface area contributed by atoms with E-state index in [-0.39, 0.29) is 17.0 Å². The topological polar surface area (TPSA) is 102 Å². The van der Waals surface area contributed by atoms with Crippen LogP contribution in [0.2, 0.25) is 0 Å². The molecule has 28 heavy (non-hydrogen) atoms. The molecule has 8 nitrogen and oxygen atoms in total. The second-order valence-corrected chi connectivity index (χ2v) is 8.04. The van der Waals surface area contributed by atoms with Gasteiger partial charge in [-0.1, -0.05) is 26.0 Å². The Balaban J connectivity index is 1.78. The molecular weight excluding hydrogens is 384 g/mol. The molecule has 2 aliphatic heterocycles. The first-order chi connectivity index (χ1) is 13.3. The Hall–Kier alpha value is -2.55. The summed E-state index contributed by atoms with van der Waals surface area (Å²) in [4.78, 5) is 50.9. The normalized spacial score (nSPS) is 22.2. The number of imide groups is 1. The number of carbonyl (C=O) groups is 4. The van der Waals surface area contributed by atoms with Crippen molar-refractivity contribution in [1.82, 2.24) is 10.2 Å². The number of alkyl carbamates (subject to hydrolysis) is 1. The predicted octanol–water partition coefficient (Wildman–Crippen LogP) is 1.69. The van der Waals surface area contributed by atoms with Gasteiger partial charge in [-0.15, -0.1) is 0 Å². The van der Waals surface area contributed by atoms with E-state index in [2.05, 4.69) is 10.1 Å². The summed E-state index contributed by atoms with van der Waals surface area (Å²) in [6, 6.07) is 5.06. The molecule has 1 N–H and O–H groups in total. The SMILES string of the molecule is COC(=O)NC1CSCC1OC(=O)C(C(C)C)N1C(=O)c2ccccc2C1=O. The maximum Gasteiger partial charge on any atom is 0.407 e. The van der Waals surface area contributed by atoms with Crippen LogP contribution >= 0.6 is 11.8 Å². The number of amides is 3. The lowest BCUT2D eigenvalue weighted by molar-refractivity contribution is -0.155. The Morgan fingerprint density at radius 2 is 1.75 bits per heavy atom. The maximum atomic E-state index is 12.9. The lowest BCUT2D eigenvalue weighted by Gasteiger charge is -2.29. The average molecular weight is 406 g/mol. The highest BCUT2D eigenvalue weighted by Crippen LogP contribution is 2.29. The summed E-state index contributed by atoms with van der Waals surface area (Å²) < 4.78 is 10.2. The van der Waals surface area contributed by atoms with Gasteiger partial charge in [-0.2, -0.15) is 11.8 Å². The molecule has 0 spiro atoms. The number of benzene rings is 1. The highest BCUT2D eigenvalue weighted by atomic mass is 32.2. The van der Waals surface area contributed by atoms with E-state index in [4.69, 9.17) is 4.74 Å². The lowest BCUT2D eigenvalue weighted by Crippen LogP contribution is -2.51. The van der Waals surface area contributed by atoms with E-state index in [1.807, 2.05) is 0 Å². The molecule has 0 radical (unpaired) electrons. The summed E-state index contributed by atoms with van der Waals surface area (Å²) in [5, 5.41) is 2.65. The van der Waals surface area contributed by atoms with Crippen LogP contribution in [0, 0.1) is 5.92 Å². The molecule has 0 saturated carbocycles. The van der Waals surface area contributed by atoms with Crippen molar-refractivity contribution in [3.8, 4) is 0 Å². The molecular formula is C19H22N2O6S. The molecule has 2 heterocycles. The summed E-state index contributed by atoms with van der Waals surface area (Å²) in [7, 11) is 1.26. The number of carbonyl (C=O) groups excluding carboxylic acids is 4. The fourth-order valence-corrected chi connectivity index (χ4v) is 4.57. The Morgan fingerprint density at radius 1 is 1.14 bits per heavy atom. The van der Waals surface area contributed by atoms with Gasteiger partial charge in [-0.25, -0.2) is 9.59 Å². The van der Waals surface area contributed by atoms with Crippen LogP contribution < -0.4 is 5.32 Å². The van der Waals surface area contributed by atoms with E-state index in [1.165, 1.54) is 18.9 Å². The minimum atomic E-state index is -1.04. The predicted molar refractivity (Wildman–Crippen MR) is 102 cm³/mol. The molecule has 3 unspecified atom stereocenters. The van der Waals surface area contributed by atoms with Crippen molar-refractivity contribution >= 4 is 35.6 Å². The Kier molecular flexibility index (Phi) is 5.93. The van der Waals surface area contributed by atoms with Crippen molar-refractivity contribution in [1.29, 1.82) is 0 Å². The van der Waals surface area contributed by atoms with Gasteiger partial charge in [0.05, 0.1) is 24.3 Å². The second kappa shape index (κ2) is 8.22. The van der Waals surface area contributed by atoms with E-state index in [0.29, 0.717) is 11.5 Å². The fourth-order valence-electron chi connectivity index (χ4n) is 3.35. The third kappa shape index (κ3) is 3.71. The standard InChI is InChI=1S/C19H22N2O6S/c1-10(2)15(21-16(22)11-6-4-5-7-12(11)17(21)23)18(24)27-14-9-28-8-13(14)20-19(25)26-3/h4-7,10,13-15H,8-9H2,1-3H3,(H,20,25). The molecule has 0 aromatic heterocycles. The van der Waals surface area contributed by atoms with Crippen LogP contribution in [-0.4, -0.2) is 65.6 Å². The van der Waals surface area contributed by atoms with Gasteiger partial charge < -0.3 is 14.8 Å². The number of methoxy groups -OCH3 is 1. The van der Waals surface area contributed by atoms with Crippen molar-refractivity contribution in [3.05, 3.63) is 35.4 Å². The van der Waals surface area contributed by atoms with Crippen LogP contribution in [0.3, 0.4) is 0 Å². The van der Waals surface area contributed by atoms with Crippen LogP contribution in [0.1, 0.15) is 34.6 Å². The van der Waals surface area contributed by atoms with Crippen molar-refractivity contribution in [2.75, 3.05) is 18.6 Å². The lowest BCUT2D eigenvalue weighted by atomic mass is 10.0. The minimum Gasteiger partial charge on any atom is -0.458 e. The van der Waals surface area contributed by atoms with Gasteiger partial charge in [-0.3, -0.25) is 14.5 Å². The number of rotatable bonds is 5. The second-order valence-electron chi connectivity index (χ2n) is 6.97. The van der Waals surface area contributed by atoms with Gasteiger partial charge >= 0.3 is 12.1 Å². The maximum absolute atomic E-state index is 12.9. The number of esters is 1. The Labute approximate surface area is 166 Å². The number of thioether (sulfide) groups is 1. The molecule has 3 rings (SSSR count). The monoisotopic (exact) mass is 406 g/mol. The summed E-state index contributed by atoms with van der Waals surface area (Å²) in [5.74, 6) is -0.910. The van der Waals surface area contributed by atoms with Gasteiger partial charge in [0, 0.05) is 11.5 Å². The van der Waals surface area contributed by atoms with E-state index in [1.54, 1.807) is 38.1 Å². The van der Waals surface area contributed by atoms with E-state index in [9.17, 15) is 19.2 Å². The van der Waals surface area contributed by atoms with Crippen molar-refractivity contribution in [2.45, 2.75) is 32.0 Å². The molecule has 2 aliphatic rings. The summed E-state index contributed by atoms with van der Waals surface area (Å²) >= 11 is 1.53. The number of nitrogens with one attached hydrogen (secondary N) is 1. The molecule has 3 atom stereocenters. The highest BCUT2D eigenvalue weighted by molar-refractivity contribution is 7.99. The molecule has 150 valence electrons. The number of hydrogen-bond donors (Lipinski definition) is 1. The third-order valence-corrected chi connectivity index (χ3v) is 5.92. The number of nitrogens with zero attached hydrogens (tertiary/aromatic N) is 1. The molecule has 9 heteroatoms. The first kappa shape index (κ1) is 20.2. The van der Waals surface area contributed by atoms with Crippen molar-refractivity contribution < 1.29 is 28.7 Å². The van der Waals surface area contributed by atoms with Crippen LogP contribution in [0.5, 0.6) is 0 Å². The van der Waals surface area contributed by atoms with E-state index < -0.39 is 42.1 Å². The van der Waals surface area contributed by atoms with Gasteiger partial charge in [-0.05, 0) is 18.1 Å². The summed E-state index contributed by atoms with van der Waals surface area (Å²) in [5.41, 5.74) is 0.570. The number of ether oxygens (including phenoxy) is 2. The van der Waals surface area contributed by atoms with Crippen LogP contribution in [0.15, 0.2) is 24.3 Å². The van der Waals surface area contributed by atoms with Crippen LogP contribution in [-0.2, 0) is 14.3 Å². The van der Waals surface area contributed by atoms with Gasteiger partial charge in [0.2, 0.25) is 0 Å².